The molecule has 0 radical (unpaired) electrons. The Labute approximate surface area is 186 Å². The molecule has 2 heterocycles. The highest BCUT2D eigenvalue weighted by Gasteiger charge is 2.18. The predicted octanol–water partition coefficient (Wildman–Crippen LogP) is 7.58. The fourth-order valence-corrected chi connectivity index (χ4v) is 4.95. The molecule has 2 aromatic heterocycles. The third kappa shape index (κ3) is 3.45. The van der Waals surface area contributed by atoms with Crippen LogP contribution in [0, 0.1) is 6.92 Å². The lowest BCUT2D eigenvalue weighted by Crippen LogP contribution is -2.10. The molecule has 7 heteroatoms. The van der Waals surface area contributed by atoms with Crippen LogP contribution >= 0.6 is 34.5 Å². The minimum atomic E-state index is -0.275. The Morgan fingerprint density at radius 1 is 1.07 bits per heavy atom. The van der Waals surface area contributed by atoms with Gasteiger partial charge in [-0.1, -0.05) is 41.4 Å². The minimum absolute atomic E-state index is 0.275. The van der Waals surface area contributed by atoms with Crippen molar-refractivity contribution in [3.63, 3.8) is 0 Å². The molecule has 148 valence electrons. The standard InChI is InChI=1S/C23H14Cl2N2O2S/c1-12-5-8-18-17(9-12)27-23(29-18)13-3-2-4-15(10-13)26-22(28)21-20(25)16-7-6-14(24)11-19(16)30-21/h2-11H,1H3,(H,26,28). The summed E-state index contributed by atoms with van der Waals surface area (Å²) in [5.74, 6) is 0.226. The highest BCUT2D eigenvalue weighted by atomic mass is 35.5. The van der Waals surface area contributed by atoms with E-state index >= 15 is 0 Å². The zero-order valence-corrected chi connectivity index (χ0v) is 18.0. The van der Waals surface area contributed by atoms with E-state index in [1.165, 1.54) is 11.3 Å². The number of amides is 1. The average molecular weight is 453 g/mol. The van der Waals surface area contributed by atoms with Crippen molar-refractivity contribution in [1.29, 1.82) is 0 Å². The first-order valence-corrected chi connectivity index (χ1v) is 10.7. The maximum Gasteiger partial charge on any atom is 0.267 e. The number of carbonyl (C=O) groups is 1. The van der Waals surface area contributed by atoms with Gasteiger partial charge in [-0.3, -0.25) is 4.79 Å². The molecule has 5 rings (SSSR count). The monoisotopic (exact) mass is 452 g/mol. The lowest BCUT2D eigenvalue weighted by Gasteiger charge is -2.05. The van der Waals surface area contributed by atoms with Crippen molar-refractivity contribution in [1.82, 2.24) is 4.98 Å². The van der Waals surface area contributed by atoms with Gasteiger partial charge in [0.25, 0.3) is 5.91 Å². The molecule has 30 heavy (non-hydrogen) atoms. The SMILES string of the molecule is Cc1ccc2oc(-c3cccc(NC(=O)c4sc5cc(Cl)ccc5c4Cl)c3)nc2c1. The largest absolute Gasteiger partial charge is 0.436 e. The minimum Gasteiger partial charge on any atom is -0.436 e. The number of aromatic nitrogens is 1. The van der Waals surface area contributed by atoms with Crippen LogP contribution in [0.1, 0.15) is 15.2 Å². The van der Waals surface area contributed by atoms with Crippen LogP contribution in [0.2, 0.25) is 10.0 Å². The van der Waals surface area contributed by atoms with E-state index in [1.807, 2.05) is 55.5 Å². The van der Waals surface area contributed by atoms with Gasteiger partial charge >= 0.3 is 0 Å². The Kier molecular flexibility index (Phi) is 4.74. The van der Waals surface area contributed by atoms with Gasteiger partial charge in [0, 0.05) is 26.4 Å². The molecular formula is C23H14Cl2N2O2S. The number of fused-ring (bicyclic) bond motifs is 2. The van der Waals surface area contributed by atoms with Crippen LogP contribution in [-0.4, -0.2) is 10.9 Å². The number of carbonyl (C=O) groups excluding carboxylic acids is 1. The van der Waals surface area contributed by atoms with Gasteiger partial charge in [-0.25, -0.2) is 4.98 Å². The van der Waals surface area contributed by atoms with Crippen LogP contribution in [0.4, 0.5) is 5.69 Å². The Morgan fingerprint density at radius 3 is 2.80 bits per heavy atom. The molecule has 0 saturated heterocycles. The van der Waals surface area contributed by atoms with Crippen LogP contribution in [0.25, 0.3) is 32.6 Å². The number of nitrogens with zero attached hydrogens (tertiary/aromatic N) is 1. The van der Waals surface area contributed by atoms with E-state index in [0.717, 1.165) is 32.3 Å². The summed E-state index contributed by atoms with van der Waals surface area (Å²) in [4.78, 5) is 17.9. The van der Waals surface area contributed by atoms with Crippen LogP contribution in [0.5, 0.6) is 0 Å². The topological polar surface area (TPSA) is 55.1 Å². The second kappa shape index (κ2) is 7.43. The summed E-state index contributed by atoms with van der Waals surface area (Å²) in [7, 11) is 0. The summed E-state index contributed by atoms with van der Waals surface area (Å²) < 4.78 is 6.74. The van der Waals surface area contributed by atoms with Gasteiger partial charge in [0.15, 0.2) is 5.58 Å². The summed E-state index contributed by atoms with van der Waals surface area (Å²) in [6, 6.07) is 18.6. The van der Waals surface area contributed by atoms with Crippen LogP contribution in [-0.2, 0) is 0 Å². The number of oxazole rings is 1. The first-order chi connectivity index (χ1) is 14.5. The number of thiophene rings is 1. The Morgan fingerprint density at radius 2 is 1.93 bits per heavy atom. The van der Waals surface area contributed by atoms with Gasteiger partial charge in [-0.2, -0.15) is 0 Å². The summed E-state index contributed by atoms with van der Waals surface area (Å²) in [6.07, 6.45) is 0. The van der Waals surface area contributed by atoms with E-state index in [9.17, 15) is 4.79 Å². The highest BCUT2D eigenvalue weighted by molar-refractivity contribution is 7.21. The average Bonchev–Trinajstić information content (AvgIpc) is 3.29. The molecule has 0 spiro atoms. The van der Waals surface area contributed by atoms with E-state index < -0.39 is 0 Å². The lowest BCUT2D eigenvalue weighted by atomic mass is 10.2. The summed E-state index contributed by atoms with van der Waals surface area (Å²) in [5.41, 5.74) is 4.04. The molecule has 0 atom stereocenters. The fourth-order valence-electron chi connectivity index (χ4n) is 3.26. The molecule has 0 saturated carbocycles. The van der Waals surface area contributed by atoms with E-state index in [-0.39, 0.29) is 5.91 Å². The summed E-state index contributed by atoms with van der Waals surface area (Å²) >= 11 is 13.8. The third-order valence-corrected chi connectivity index (χ3v) is 6.60. The van der Waals surface area contributed by atoms with Crippen LogP contribution in [0.15, 0.2) is 65.1 Å². The Balaban J connectivity index is 1.45. The molecule has 0 aliphatic rings. The fraction of sp³-hybridized carbons (Fsp3) is 0.0435. The maximum atomic E-state index is 12.9. The Hall–Kier alpha value is -2.86. The number of rotatable bonds is 3. The van der Waals surface area contributed by atoms with Gasteiger partial charge in [0.05, 0.1) is 5.02 Å². The molecule has 1 amide bonds. The third-order valence-electron chi connectivity index (χ3n) is 4.71. The van der Waals surface area contributed by atoms with Crippen molar-refractivity contribution in [2.24, 2.45) is 0 Å². The van der Waals surface area contributed by atoms with Crippen molar-refractivity contribution in [2.45, 2.75) is 6.92 Å². The first-order valence-electron chi connectivity index (χ1n) is 9.14. The highest BCUT2D eigenvalue weighted by Crippen LogP contribution is 2.37. The van der Waals surface area contributed by atoms with E-state index in [2.05, 4.69) is 10.3 Å². The van der Waals surface area contributed by atoms with E-state index in [0.29, 0.717) is 26.5 Å². The number of halogens is 2. The number of hydrogen-bond acceptors (Lipinski definition) is 4. The molecule has 0 fully saturated rings. The predicted molar refractivity (Wildman–Crippen MR) is 124 cm³/mol. The van der Waals surface area contributed by atoms with Gasteiger partial charge in [-0.15, -0.1) is 11.3 Å². The zero-order valence-electron chi connectivity index (χ0n) is 15.7. The molecular weight excluding hydrogens is 439 g/mol. The normalized spacial score (nSPS) is 11.3. The van der Waals surface area contributed by atoms with Crippen molar-refractivity contribution in [3.8, 4) is 11.5 Å². The van der Waals surface area contributed by atoms with Crippen molar-refractivity contribution in [3.05, 3.63) is 81.1 Å². The van der Waals surface area contributed by atoms with Gasteiger partial charge in [0.1, 0.15) is 10.4 Å². The summed E-state index contributed by atoms with van der Waals surface area (Å²) in [5, 5.41) is 4.75. The molecule has 0 bridgehead atoms. The maximum absolute atomic E-state index is 12.9. The quantitative estimate of drug-likeness (QED) is 0.306. The molecule has 0 aliphatic carbocycles. The van der Waals surface area contributed by atoms with E-state index in [1.54, 1.807) is 12.1 Å². The molecule has 0 aliphatic heterocycles. The van der Waals surface area contributed by atoms with Gasteiger partial charge in [0.2, 0.25) is 5.89 Å². The number of hydrogen-bond donors (Lipinski definition) is 1. The van der Waals surface area contributed by atoms with E-state index in [4.69, 9.17) is 27.6 Å². The molecule has 4 nitrogen and oxygen atoms in total. The number of benzene rings is 3. The van der Waals surface area contributed by atoms with Gasteiger partial charge in [-0.05, 0) is 55.0 Å². The molecule has 3 aromatic carbocycles. The van der Waals surface area contributed by atoms with Gasteiger partial charge < -0.3 is 9.73 Å². The number of nitrogens with one attached hydrogen (secondary N) is 1. The molecule has 1 N–H and O–H groups in total. The van der Waals surface area contributed by atoms with Crippen molar-refractivity contribution in [2.75, 3.05) is 5.32 Å². The van der Waals surface area contributed by atoms with Crippen molar-refractivity contribution < 1.29 is 9.21 Å². The number of anilines is 1. The molecule has 0 unspecified atom stereocenters. The number of aryl methyl sites for hydroxylation is 1. The smallest absolute Gasteiger partial charge is 0.267 e. The lowest BCUT2D eigenvalue weighted by molar-refractivity contribution is 0.103. The molecule has 5 aromatic rings. The van der Waals surface area contributed by atoms with Crippen molar-refractivity contribution >= 4 is 67.3 Å². The summed E-state index contributed by atoms with van der Waals surface area (Å²) in [6.45, 7) is 2.01. The zero-order chi connectivity index (χ0) is 20.8. The van der Waals surface area contributed by atoms with Crippen LogP contribution < -0.4 is 5.32 Å². The Bertz CT molecular complexity index is 1440. The second-order valence-corrected chi connectivity index (χ2v) is 8.78. The first kappa shape index (κ1) is 19.1. The van der Waals surface area contributed by atoms with Crippen LogP contribution in [0.3, 0.4) is 0 Å². The second-order valence-electron chi connectivity index (χ2n) is 6.91.